The number of nitrogen functional groups attached to an aromatic ring is 1. The minimum Gasteiger partial charge on any atom is -0.399 e. The molecule has 100 valence electrons. The summed E-state index contributed by atoms with van der Waals surface area (Å²) in [5.41, 5.74) is 4.46. The van der Waals surface area contributed by atoms with Crippen LogP contribution >= 0.6 is 0 Å². The van der Waals surface area contributed by atoms with Crippen molar-refractivity contribution in [2.45, 2.75) is 23.8 Å². The molecule has 1 aromatic carbocycles. The number of sulfonamides is 1. The molecule has 0 radical (unpaired) electrons. The number of β-amino-alcohol motifs (C(OH)–C–C–N with tert-alkyl or cyclic N) is 1. The second-order valence-electron chi connectivity index (χ2n) is 4.81. The Morgan fingerprint density at radius 3 is 2.61 bits per heavy atom. The van der Waals surface area contributed by atoms with E-state index in [0.717, 1.165) is 16.4 Å². The molecular formula is C11H15FN2O3S. The monoisotopic (exact) mass is 274 g/mol. The van der Waals surface area contributed by atoms with E-state index in [1.807, 2.05) is 0 Å². The highest BCUT2D eigenvalue weighted by Crippen LogP contribution is 2.27. The minimum atomic E-state index is -3.80. The van der Waals surface area contributed by atoms with Crippen molar-refractivity contribution in [3.05, 3.63) is 24.0 Å². The molecule has 0 amide bonds. The van der Waals surface area contributed by atoms with E-state index in [4.69, 9.17) is 5.73 Å². The van der Waals surface area contributed by atoms with Crippen LogP contribution in [0.15, 0.2) is 23.1 Å². The van der Waals surface area contributed by atoms with E-state index < -0.39 is 21.4 Å². The third kappa shape index (κ3) is 2.47. The van der Waals surface area contributed by atoms with Crippen LogP contribution in [-0.2, 0) is 10.0 Å². The molecule has 0 aromatic heterocycles. The first-order valence-corrected chi connectivity index (χ1v) is 6.93. The lowest BCUT2D eigenvalue weighted by atomic mass is 10.1. The molecule has 1 aliphatic heterocycles. The molecule has 0 spiro atoms. The molecule has 7 heteroatoms. The Kier molecular flexibility index (Phi) is 3.08. The largest absolute Gasteiger partial charge is 0.399 e. The van der Waals surface area contributed by atoms with E-state index in [1.54, 1.807) is 6.92 Å². The van der Waals surface area contributed by atoms with Crippen LogP contribution in [0.5, 0.6) is 0 Å². The van der Waals surface area contributed by atoms with E-state index in [9.17, 15) is 17.9 Å². The predicted molar refractivity (Wildman–Crippen MR) is 64.8 cm³/mol. The van der Waals surface area contributed by atoms with Crippen molar-refractivity contribution >= 4 is 15.7 Å². The highest BCUT2D eigenvalue weighted by atomic mass is 32.2. The van der Waals surface area contributed by atoms with Crippen LogP contribution < -0.4 is 5.73 Å². The molecule has 1 aliphatic rings. The van der Waals surface area contributed by atoms with Crippen LogP contribution in [0.3, 0.4) is 0 Å². The summed E-state index contributed by atoms with van der Waals surface area (Å²) >= 11 is 0. The Labute approximate surface area is 105 Å². The first-order valence-electron chi connectivity index (χ1n) is 5.49. The molecular weight excluding hydrogens is 259 g/mol. The maximum Gasteiger partial charge on any atom is 0.243 e. The molecule has 1 atom stereocenters. The fourth-order valence-electron chi connectivity index (χ4n) is 1.99. The fourth-order valence-corrected chi connectivity index (χ4v) is 3.62. The molecule has 1 heterocycles. The highest BCUT2D eigenvalue weighted by Gasteiger charge is 2.38. The van der Waals surface area contributed by atoms with E-state index in [2.05, 4.69) is 0 Å². The van der Waals surface area contributed by atoms with Gasteiger partial charge in [0.1, 0.15) is 5.82 Å². The molecule has 0 bridgehead atoms. The van der Waals surface area contributed by atoms with Crippen LogP contribution in [-0.4, -0.2) is 36.5 Å². The first-order chi connectivity index (χ1) is 8.21. The number of anilines is 1. The maximum atomic E-state index is 13.2. The Bertz CT molecular complexity index is 551. The van der Waals surface area contributed by atoms with Crippen molar-refractivity contribution in [3.63, 3.8) is 0 Å². The van der Waals surface area contributed by atoms with Crippen LogP contribution in [0.4, 0.5) is 10.1 Å². The van der Waals surface area contributed by atoms with Gasteiger partial charge in [-0.2, -0.15) is 4.31 Å². The van der Waals surface area contributed by atoms with Gasteiger partial charge in [0.2, 0.25) is 10.0 Å². The van der Waals surface area contributed by atoms with Gasteiger partial charge in [-0.05, 0) is 31.5 Å². The number of hydrogen-bond donors (Lipinski definition) is 2. The van der Waals surface area contributed by atoms with Gasteiger partial charge < -0.3 is 10.8 Å². The number of nitrogens with two attached hydrogens (primary N) is 1. The lowest BCUT2D eigenvalue weighted by molar-refractivity contribution is 0.0762. The molecule has 2 rings (SSSR count). The number of halogens is 1. The zero-order valence-electron chi connectivity index (χ0n) is 9.93. The molecule has 18 heavy (non-hydrogen) atoms. The van der Waals surface area contributed by atoms with Gasteiger partial charge in [-0.3, -0.25) is 0 Å². The smallest absolute Gasteiger partial charge is 0.243 e. The first kappa shape index (κ1) is 13.3. The second kappa shape index (κ2) is 4.18. The van der Waals surface area contributed by atoms with E-state index in [0.29, 0.717) is 6.42 Å². The second-order valence-corrected chi connectivity index (χ2v) is 6.74. The van der Waals surface area contributed by atoms with Gasteiger partial charge in [-0.1, -0.05) is 0 Å². The number of aliphatic hydroxyl groups is 1. The van der Waals surface area contributed by atoms with E-state index in [1.165, 1.54) is 6.07 Å². The Balaban J connectivity index is 2.37. The summed E-state index contributed by atoms with van der Waals surface area (Å²) in [6.45, 7) is 1.79. The predicted octanol–water partition coefficient (Wildman–Crippen LogP) is 0.553. The third-order valence-electron chi connectivity index (χ3n) is 2.95. The molecule has 1 unspecified atom stereocenters. The van der Waals surface area contributed by atoms with Crippen molar-refractivity contribution in [2.24, 2.45) is 0 Å². The van der Waals surface area contributed by atoms with Crippen LogP contribution in [0.1, 0.15) is 13.3 Å². The average molecular weight is 274 g/mol. The summed E-state index contributed by atoms with van der Waals surface area (Å²) in [5.74, 6) is -0.695. The highest BCUT2D eigenvalue weighted by molar-refractivity contribution is 7.89. The fraction of sp³-hybridized carbons (Fsp3) is 0.455. The van der Waals surface area contributed by atoms with Crippen molar-refractivity contribution < 1.29 is 17.9 Å². The number of rotatable bonds is 2. The van der Waals surface area contributed by atoms with Crippen molar-refractivity contribution in [3.8, 4) is 0 Å². The van der Waals surface area contributed by atoms with Gasteiger partial charge in [0, 0.05) is 18.8 Å². The van der Waals surface area contributed by atoms with E-state index in [-0.39, 0.29) is 23.7 Å². The molecule has 3 N–H and O–H groups in total. The van der Waals surface area contributed by atoms with Crippen LogP contribution in [0, 0.1) is 5.82 Å². The van der Waals surface area contributed by atoms with E-state index >= 15 is 0 Å². The van der Waals surface area contributed by atoms with Crippen LogP contribution in [0.25, 0.3) is 0 Å². The molecule has 0 saturated carbocycles. The lowest BCUT2D eigenvalue weighted by Crippen LogP contribution is -2.34. The summed E-state index contributed by atoms with van der Waals surface area (Å²) in [6.07, 6.45) is 0.358. The van der Waals surface area contributed by atoms with Gasteiger partial charge in [0.25, 0.3) is 0 Å². The quantitative estimate of drug-likeness (QED) is 0.772. The topological polar surface area (TPSA) is 83.6 Å². The van der Waals surface area contributed by atoms with Gasteiger partial charge in [0.15, 0.2) is 0 Å². The Hall–Kier alpha value is -1.18. The van der Waals surface area contributed by atoms with Crippen molar-refractivity contribution in [2.75, 3.05) is 18.8 Å². The molecule has 1 saturated heterocycles. The normalized spacial score (nSPS) is 25.5. The summed E-state index contributed by atoms with van der Waals surface area (Å²) < 4.78 is 38.8. The number of benzene rings is 1. The Morgan fingerprint density at radius 1 is 1.44 bits per heavy atom. The lowest BCUT2D eigenvalue weighted by Gasteiger charge is -2.19. The maximum absolute atomic E-state index is 13.2. The molecule has 0 aliphatic carbocycles. The zero-order valence-corrected chi connectivity index (χ0v) is 10.7. The Morgan fingerprint density at radius 2 is 2.11 bits per heavy atom. The number of nitrogens with zero attached hydrogens (tertiary/aromatic N) is 1. The zero-order chi connectivity index (χ0) is 13.6. The minimum absolute atomic E-state index is 0.00571. The van der Waals surface area contributed by atoms with Crippen molar-refractivity contribution in [1.82, 2.24) is 4.31 Å². The SMILES string of the molecule is CC1(O)CCN(S(=O)(=O)c2cc(N)cc(F)c2)C1. The summed E-state index contributed by atoms with van der Waals surface area (Å²) in [4.78, 5) is -0.183. The molecule has 1 aromatic rings. The van der Waals surface area contributed by atoms with Gasteiger partial charge in [-0.25, -0.2) is 12.8 Å². The van der Waals surface area contributed by atoms with Gasteiger partial charge >= 0.3 is 0 Å². The van der Waals surface area contributed by atoms with Crippen LogP contribution in [0.2, 0.25) is 0 Å². The number of hydrogen-bond acceptors (Lipinski definition) is 4. The summed E-state index contributed by atoms with van der Waals surface area (Å²) in [5, 5.41) is 9.78. The average Bonchev–Trinajstić information content (AvgIpc) is 2.58. The standard InChI is InChI=1S/C11H15FN2O3S/c1-11(15)2-3-14(7-11)18(16,17)10-5-8(12)4-9(13)6-10/h4-6,15H,2-3,7,13H2,1H3. The van der Waals surface area contributed by atoms with Gasteiger partial charge in [0.05, 0.1) is 10.5 Å². The third-order valence-corrected chi connectivity index (χ3v) is 4.77. The van der Waals surface area contributed by atoms with Crippen molar-refractivity contribution in [1.29, 1.82) is 0 Å². The van der Waals surface area contributed by atoms with Gasteiger partial charge in [-0.15, -0.1) is 0 Å². The molecule has 5 nitrogen and oxygen atoms in total. The summed E-state index contributed by atoms with van der Waals surface area (Å²) in [7, 11) is -3.80. The summed E-state index contributed by atoms with van der Waals surface area (Å²) in [6, 6.07) is 3.20. The molecule has 1 fully saturated rings.